The van der Waals surface area contributed by atoms with Crippen LogP contribution < -0.4 is 0 Å². The van der Waals surface area contributed by atoms with Gasteiger partial charge in [-0.15, -0.1) is 0 Å². The molecule has 13 heavy (non-hydrogen) atoms. The zero-order valence-corrected chi connectivity index (χ0v) is 7.23. The fourth-order valence-electron chi connectivity index (χ4n) is 0.754. The summed E-state index contributed by atoms with van der Waals surface area (Å²) in [5.74, 6) is -2.55. The van der Waals surface area contributed by atoms with Crippen molar-refractivity contribution >= 4 is 11.9 Å². The van der Waals surface area contributed by atoms with Gasteiger partial charge >= 0.3 is 11.9 Å². The zero-order valence-electron chi connectivity index (χ0n) is 7.23. The molecule has 74 valence electrons. The van der Waals surface area contributed by atoms with Crippen molar-refractivity contribution in [2.24, 2.45) is 0 Å². The number of aliphatic hydroxyl groups is 1. The Morgan fingerprint density at radius 3 is 2.23 bits per heavy atom. The second-order valence-electron chi connectivity index (χ2n) is 2.70. The fraction of sp³-hybridized carbons (Fsp3) is 0.500. The van der Waals surface area contributed by atoms with Crippen molar-refractivity contribution in [1.29, 1.82) is 0 Å². The molecule has 0 spiro atoms. The van der Waals surface area contributed by atoms with Gasteiger partial charge in [0.25, 0.3) is 0 Å². The summed E-state index contributed by atoms with van der Waals surface area (Å²) in [7, 11) is 0. The number of rotatable bonds is 5. The molecule has 0 radical (unpaired) electrons. The molecule has 0 rings (SSSR count). The van der Waals surface area contributed by atoms with Crippen LogP contribution in [0.3, 0.4) is 0 Å². The maximum Gasteiger partial charge on any atom is 0.331 e. The molecule has 0 aliphatic carbocycles. The third-order valence-corrected chi connectivity index (χ3v) is 1.40. The van der Waals surface area contributed by atoms with Gasteiger partial charge in [0.15, 0.2) is 0 Å². The largest absolute Gasteiger partial charge is 0.478 e. The highest BCUT2D eigenvalue weighted by Crippen LogP contribution is 2.07. The third kappa shape index (κ3) is 5.86. The molecule has 5 heteroatoms. The second kappa shape index (κ2) is 5.31. The summed E-state index contributed by atoms with van der Waals surface area (Å²) in [4.78, 5) is 20.6. The van der Waals surface area contributed by atoms with Gasteiger partial charge in [0.05, 0.1) is 6.10 Å². The van der Waals surface area contributed by atoms with Gasteiger partial charge in [0.2, 0.25) is 0 Å². The van der Waals surface area contributed by atoms with Gasteiger partial charge in [-0.05, 0) is 19.8 Å². The first-order chi connectivity index (χ1) is 5.93. The van der Waals surface area contributed by atoms with Crippen molar-refractivity contribution in [2.45, 2.75) is 25.9 Å². The predicted octanol–water partition coefficient (Wildman–Crippen LogP) is 0.243. The first-order valence-corrected chi connectivity index (χ1v) is 3.78. The Bertz CT molecular complexity index is 229. The summed E-state index contributed by atoms with van der Waals surface area (Å²) in [6.45, 7) is 1.51. The number of carboxylic acids is 2. The smallest absolute Gasteiger partial charge is 0.331 e. The summed E-state index contributed by atoms with van der Waals surface area (Å²) in [6, 6.07) is 0. The standard InChI is InChI=1S/C8H12O5/c1-5(9)2-3-6(8(12)13)4-7(10)11/h4-5,9H,2-3H2,1H3,(H,10,11)(H,12,13)/b6-4-. The fourth-order valence-corrected chi connectivity index (χ4v) is 0.754. The Morgan fingerprint density at radius 1 is 1.38 bits per heavy atom. The topological polar surface area (TPSA) is 94.8 Å². The lowest BCUT2D eigenvalue weighted by Crippen LogP contribution is -2.07. The van der Waals surface area contributed by atoms with Crippen molar-refractivity contribution in [2.75, 3.05) is 0 Å². The minimum absolute atomic E-state index is 0.0549. The Balaban J connectivity index is 4.28. The molecule has 0 heterocycles. The predicted molar refractivity (Wildman–Crippen MR) is 44.3 cm³/mol. The Kier molecular flexibility index (Phi) is 4.76. The second-order valence-corrected chi connectivity index (χ2v) is 2.70. The van der Waals surface area contributed by atoms with Crippen molar-refractivity contribution < 1.29 is 24.9 Å². The van der Waals surface area contributed by atoms with Crippen LogP contribution in [0.25, 0.3) is 0 Å². The van der Waals surface area contributed by atoms with Gasteiger partial charge in [-0.1, -0.05) is 0 Å². The van der Waals surface area contributed by atoms with E-state index >= 15 is 0 Å². The SMILES string of the molecule is CC(O)CC/C(=C/C(=O)O)C(=O)O. The van der Waals surface area contributed by atoms with E-state index in [2.05, 4.69) is 0 Å². The van der Waals surface area contributed by atoms with Crippen LogP contribution in [0.5, 0.6) is 0 Å². The zero-order chi connectivity index (χ0) is 10.4. The van der Waals surface area contributed by atoms with Crippen LogP contribution >= 0.6 is 0 Å². The molecular formula is C8H12O5. The van der Waals surface area contributed by atoms with Gasteiger partial charge < -0.3 is 15.3 Å². The number of aliphatic carboxylic acids is 2. The molecule has 0 aliphatic heterocycles. The van der Waals surface area contributed by atoms with E-state index in [-0.39, 0.29) is 18.4 Å². The van der Waals surface area contributed by atoms with E-state index in [1.165, 1.54) is 6.92 Å². The summed E-state index contributed by atoms with van der Waals surface area (Å²) >= 11 is 0. The van der Waals surface area contributed by atoms with Crippen LogP contribution in [-0.2, 0) is 9.59 Å². The van der Waals surface area contributed by atoms with Crippen molar-refractivity contribution in [1.82, 2.24) is 0 Å². The molecule has 0 saturated heterocycles. The highest BCUT2D eigenvalue weighted by atomic mass is 16.4. The van der Waals surface area contributed by atoms with Gasteiger partial charge in [0, 0.05) is 11.6 Å². The van der Waals surface area contributed by atoms with Crippen LogP contribution in [0.1, 0.15) is 19.8 Å². The van der Waals surface area contributed by atoms with E-state index in [4.69, 9.17) is 15.3 Å². The van der Waals surface area contributed by atoms with Crippen LogP contribution in [-0.4, -0.2) is 33.4 Å². The normalized spacial score (nSPS) is 13.8. The van der Waals surface area contributed by atoms with Crippen LogP contribution in [0.2, 0.25) is 0 Å². The number of carbonyl (C=O) groups is 2. The van der Waals surface area contributed by atoms with Crippen molar-refractivity contribution in [3.8, 4) is 0 Å². The average Bonchev–Trinajstić information content (AvgIpc) is 1.96. The molecule has 5 nitrogen and oxygen atoms in total. The van der Waals surface area contributed by atoms with E-state index in [1.54, 1.807) is 0 Å². The van der Waals surface area contributed by atoms with Gasteiger partial charge in [-0.2, -0.15) is 0 Å². The Morgan fingerprint density at radius 2 is 1.92 bits per heavy atom. The van der Waals surface area contributed by atoms with E-state index < -0.39 is 18.0 Å². The van der Waals surface area contributed by atoms with Gasteiger partial charge in [-0.25, -0.2) is 9.59 Å². The molecule has 1 unspecified atom stereocenters. The average molecular weight is 188 g/mol. The Hall–Kier alpha value is -1.36. The van der Waals surface area contributed by atoms with Gasteiger partial charge in [-0.3, -0.25) is 0 Å². The summed E-state index contributed by atoms with van der Waals surface area (Å²) in [6.07, 6.45) is 0.312. The molecule has 0 fully saturated rings. The number of aliphatic hydroxyl groups excluding tert-OH is 1. The first-order valence-electron chi connectivity index (χ1n) is 3.78. The van der Waals surface area contributed by atoms with Crippen molar-refractivity contribution in [3.63, 3.8) is 0 Å². The first kappa shape index (κ1) is 11.6. The lowest BCUT2D eigenvalue weighted by atomic mass is 10.1. The molecule has 3 N–H and O–H groups in total. The minimum atomic E-state index is -1.29. The molecule has 0 aromatic heterocycles. The van der Waals surface area contributed by atoms with E-state index in [1.807, 2.05) is 0 Å². The van der Waals surface area contributed by atoms with Crippen molar-refractivity contribution in [3.05, 3.63) is 11.6 Å². The number of carboxylic acid groups (broad SMARTS) is 2. The lowest BCUT2D eigenvalue weighted by molar-refractivity contribution is -0.135. The molecular weight excluding hydrogens is 176 g/mol. The molecule has 0 aliphatic rings. The summed E-state index contributed by atoms with van der Waals surface area (Å²) in [5, 5.41) is 25.7. The Labute approximate surface area is 75.3 Å². The molecule has 0 saturated carbocycles. The highest BCUT2D eigenvalue weighted by molar-refractivity contribution is 5.94. The lowest BCUT2D eigenvalue weighted by Gasteiger charge is -2.03. The molecule has 1 atom stereocenters. The van der Waals surface area contributed by atoms with Crippen LogP contribution in [0.4, 0.5) is 0 Å². The highest BCUT2D eigenvalue weighted by Gasteiger charge is 2.10. The number of hydrogen-bond donors (Lipinski definition) is 3. The maximum atomic E-state index is 10.4. The van der Waals surface area contributed by atoms with E-state index in [0.717, 1.165) is 0 Å². The van der Waals surface area contributed by atoms with Crippen LogP contribution in [0.15, 0.2) is 11.6 Å². The molecule has 0 bridgehead atoms. The monoisotopic (exact) mass is 188 g/mol. The van der Waals surface area contributed by atoms with E-state index in [9.17, 15) is 9.59 Å². The molecule has 0 aromatic carbocycles. The third-order valence-electron chi connectivity index (χ3n) is 1.40. The van der Waals surface area contributed by atoms with Gasteiger partial charge in [0.1, 0.15) is 0 Å². The maximum absolute atomic E-state index is 10.4. The minimum Gasteiger partial charge on any atom is -0.478 e. The quantitative estimate of drug-likeness (QED) is 0.537. The molecule has 0 aromatic rings. The summed E-state index contributed by atoms with van der Waals surface area (Å²) < 4.78 is 0. The van der Waals surface area contributed by atoms with Crippen LogP contribution in [0, 0.1) is 0 Å². The summed E-state index contributed by atoms with van der Waals surface area (Å²) in [5.41, 5.74) is -0.201. The molecule has 0 amide bonds. The number of hydrogen-bond acceptors (Lipinski definition) is 3. The van der Waals surface area contributed by atoms with E-state index in [0.29, 0.717) is 6.08 Å².